The third-order valence-corrected chi connectivity index (χ3v) is 0.760. The van der Waals surface area contributed by atoms with Crippen LogP contribution in [0.25, 0.3) is 0 Å². The molecule has 0 unspecified atom stereocenters. The van der Waals surface area contributed by atoms with E-state index in [0.29, 0.717) is 5.71 Å². The minimum Gasteiger partial charge on any atom is -0.369 e. The van der Waals surface area contributed by atoms with Gasteiger partial charge in [-0.25, -0.2) is 5.43 Å². The molecule has 8 heteroatoms. The topological polar surface area (TPSA) is 151 Å². The first kappa shape index (κ1) is 10.9. The van der Waals surface area contributed by atoms with Crippen molar-refractivity contribution in [3.8, 4) is 0 Å². The highest BCUT2D eigenvalue weighted by Gasteiger charge is 1.84. The van der Waals surface area contributed by atoms with Gasteiger partial charge in [0.05, 0.1) is 11.9 Å². The molecule has 0 aliphatic rings. The van der Waals surface area contributed by atoms with Gasteiger partial charge < -0.3 is 17.2 Å². The summed E-state index contributed by atoms with van der Waals surface area (Å²) in [6, 6.07) is 0. The Hall–Kier alpha value is -2.12. The molecule has 0 aromatic carbocycles. The first-order chi connectivity index (χ1) is 6.02. The van der Waals surface area contributed by atoms with Crippen molar-refractivity contribution in [1.29, 1.82) is 5.41 Å². The summed E-state index contributed by atoms with van der Waals surface area (Å²) in [5, 5.41) is 17.2. The van der Waals surface area contributed by atoms with Crippen LogP contribution >= 0.6 is 0 Å². The van der Waals surface area contributed by atoms with E-state index in [-0.39, 0.29) is 11.9 Å². The number of nitrogens with two attached hydrogens (primary N) is 3. The van der Waals surface area contributed by atoms with Crippen LogP contribution < -0.4 is 22.6 Å². The molecule has 0 atom stereocenters. The van der Waals surface area contributed by atoms with Gasteiger partial charge in [0, 0.05) is 0 Å². The van der Waals surface area contributed by atoms with Gasteiger partial charge in [0.25, 0.3) is 0 Å². The molecule has 0 fully saturated rings. The largest absolute Gasteiger partial charge is 0.369 e. The van der Waals surface area contributed by atoms with Gasteiger partial charge in [-0.1, -0.05) is 0 Å². The molecular weight excluding hydrogens is 172 g/mol. The van der Waals surface area contributed by atoms with Crippen molar-refractivity contribution in [2.24, 2.45) is 32.5 Å². The van der Waals surface area contributed by atoms with Gasteiger partial charge in [-0.05, 0) is 6.92 Å². The average Bonchev–Trinajstić information content (AvgIpc) is 2.00. The maximum atomic E-state index is 6.75. The van der Waals surface area contributed by atoms with Crippen LogP contribution in [-0.2, 0) is 0 Å². The standard InChI is InChI=1S/C5H12N8/c1-3(11-13-5(8)9)2-10-12-4(6)7/h2H,1H3,(H4,6,7,12)(H4,8,9,13)/b10-2+,11-3?. The molecule has 0 rings (SSSR count). The molecule has 0 aromatic rings. The smallest absolute Gasteiger partial charge is 0.211 e. The second kappa shape index (κ2) is 5.52. The van der Waals surface area contributed by atoms with Gasteiger partial charge in [-0.15, -0.1) is 5.10 Å². The lowest BCUT2D eigenvalue weighted by Crippen LogP contribution is -2.25. The van der Waals surface area contributed by atoms with Gasteiger partial charge in [0.2, 0.25) is 11.9 Å². The highest BCUT2D eigenvalue weighted by atomic mass is 15.3. The number of hydrogen-bond acceptors (Lipinski definition) is 4. The molecule has 0 bridgehead atoms. The molecule has 72 valence electrons. The van der Waals surface area contributed by atoms with Crippen LogP contribution in [0.4, 0.5) is 0 Å². The maximum Gasteiger partial charge on any atom is 0.211 e. The Morgan fingerprint density at radius 1 is 1.31 bits per heavy atom. The Labute approximate surface area is 75.1 Å². The Morgan fingerprint density at radius 3 is 2.38 bits per heavy atom. The van der Waals surface area contributed by atoms with Crippen LogP contribution in [0, 0.1) is 5.41 Å². The Kier molecular flexibility index (Phi) is 4.62. The summed E-state index contributed by atoms with van der Waals surface area (Å²) in [7, 11) is 0. The van der Waals surface area contributed by atoms with Crippen LogP contribution in [-0.4, -0.2) is 23.8 Å². The first-order valence-electron chi connectivity index (χ1n) is 3.28. The summed E-state index contributed by atoms with van der Waals surface area (Å²) >= 11 is 0. The molecule has 0 aromatic heterocycles. The van der Waals surface area contributed by atoms with E-state index in [4.69, 9.17) is 22.6 Å². The molecule has 0 radical (unpaired) electrons. The van der Waals surface area contributed by atoms with E-state index >= 15 is 0 Å². The summed E-state index contributed by atoms with van der Waals surface area (Å²) < 4.78 is 0. The Bertz CT molecular complexity index is 258. The van der Waals surface area contributed by atoms with E-state index in [1.54, 1.807) is 6.92 Å². The molecule has 0 amide bonds. The van der Waals surface area contributed by atoms with E-state index in [9.17, 15) is 0 Å². The highest BCUT2D eigenvalue weighted by molar-refractivity contribution is 6.29. The number of hydrazone groups is 1. The van der Waals surface area contributed by atoms with Crippen molar-refractivity contribution in [3.63, 3.8) is 0 Å². The molecule has 0 heterocycles. The second-order valence-corrected chi connectivity index (χ2v) is 2.05. The van der Waals surface area contributed by atoms with E-state index in [2.05, 4.69) is 20.7 Å². The van der Waals surface area contributed by atoms with Crippen molar-refractivity contribution in [3.05, 3.63) is 0 Å². The summed E-state index contributed by atoms with van der Waals surface area (Å²) in [5.41, 5.74) is 17.7. The second-order valence-electron chi connectivity index (χ2n) is 2.05. The summed E-state index contributed by atoms with van der Waals surface area (Å²) in [4.78, 5) is 0. The zero-order chi connectivity index (χ0) is 10.3. The van der Waals surface area contributed by atoms with E-state index < -0.39 is 0 Å². The third-order valence-electron chi connectivity index (χ3n) is 0.760. The fourth-order valence-electron chi connectivity index (χ4n) is 0.358. The number of hydrogen-bond donors (Lipinski definition) is 5. The number of nitrogens with zero attached hydrogens (tertiary/aromatic N) is 3. The normalized spacial score (nSPS) is 11.3. The van der Waals surface area contributed by atoms with Crippen molar-refractivity contribution in [1.82, 2.24) is 5.43 Å². The van der Waals surface area contributed by atoms with Gasteiger partial charge in [-0.3, -0.25) is 5.41 Å². The first-order valence-corrected chi connectivity index (χ1v) is 3.28. The predicted octanol–water partition coefficient (Wildman–Crippen LogP) is -1.90. The van der Waals surface area contributed by atoms with Crippen molar-refractivity contribution in [2.45, 2.75) is 6.92 Å². The molecule has 0 aliphatic carbocycles. The van der Waals surface area contributed by atoms with E-state index in [0.717, 1.165) is 0 Å². The highest BCUT2D eigenvalue weighted by Crippen LogP contribution is 1.74. The molecule has 8 nitrogen and oxygen atoms in total. The summed E-state index contributed by atoms with van der Waals surface area (Å²) in [6.07, 6.45) is 1.33. The van der Waals surface area contributed by atoms with Crippen LogP contribution in [0.5, 0.6) is 0 Å². The summed E-state index contributed by atoms with van der Waals surface area (Å²) in [5.74, 6) is -0.391. The van der Waals surface area contributed by atoms with Gasteiger partial charge >= 0.3 is 0 Å². The lowest BCUT2D eigenvalue weighted by molar-refractivity contribution is 1.00. The Morgan fingerprint density at radius 2 is 1.92 bits per heavy atom. The molecule has 0 spiro atoms. The van der Waals surface area contributed by atoms with Crippen LogP contribution in [0.15, 0.2) is 15.3 Å². The summed E-state index contributed by atoms with van der Waals surface area (Å²) in [6.45, 7) is 1.64. The minimum atomic E-state index is -0.258. The lowest BCUT2D eigenvalue weighted by atomic mass is 10.5. The fourth-order valence-corrected chi connectivity index (χ4v) is 0.358. The molecule has 0 saturated heterocycles. The quantitative estimate of drug-likeness (QED) is 0.198. The van der Waals surface area contributed by atoms with E-state index in [1.807, 2.05) is 0 Å². The average molecular weight is 184 g/mol. The lowest BCUT2D eigenvalue weighted by Gasteiger charge is -1.92. The zero-order valence-electron chi connectivity index (χ0n) is 7.15. The van der Waals surface area contributed by atoms with Gasteiger partial charge in [0.1, 0.15) is 0 Å². The minimum absolute atomic E-state index is 0.132. The fraction of sp³-hybridized carbons (Fsp3) is 0.200. The zero-order valence-corrected chi connectivity index (χ0v) is 7.15. The predicted molar refractivity (Wildman–Crippen MR) is 52.5 cm³/mol. The van der Waals surface area contributed by atoms with Gasteiger partial charge in [-0.2, -0.15) is 10.2 Å². The van der Waals surface area contributed by atoms with Crippen LogP contribution in [0.3, 0.4) is 0 Å². The SMILES string of the molecule is CC(/C=N/NC(=N)N)=NN=C(N)N. The number of guanidine groups is 2. The Balaban J connectivity index is 4.06. The molecule has 8 N–H and O–H groups in total. The molecule has 0 aliphatic heterocycles. The van der Waals surface area contributed by atoms with Crippen molar-refractivity contribution < 1.29 is 0 Å². The number of nitrogens with one attached hydrogen (secondary N) is 2. The van der Waals surface area contributed by atoms with Crippen molar-refractivity contribution in [2.75, 3.05) is 0 Å². The maximum absolute atomic E-state index is 6.75. The van der Waals surface area contributed by atoms with Crippen LogP contribution in [0.2, 0.25) is 0 Å². The molecule has 0 saturated carbocycles. The number of rotatable bonds is 3. The third kappa shape index (κ3) is 7.78. The van der Waals surface area contributed by atoms with Crippen molar-refractivity contribution >= 4 is 23.8 Å². The monoisotopic (exact) mass is 184 g/mol. The van der Waals surface area contributed by atoms with Crippen LogP contribution in [0.1, 0.15) is 6.92 Å². The molecular formula is C5H12N8. The van der Waals surface area contributed by atoms with Gasteiger partial charge in [0.15, 0.2) is 0 Å². The van der Waals surface area contributed by atoms with E-state index in [1.165, 1.54) is 6.21 Å². The molecule has 13 heavy (non-hydrogen) atoms.